The summed E-state index contributed by atoms with van der Waals surface area (Å²) >= 11 is 3.29. The molecule has 0 spiro atoms. The molecular formula is C12H14BrN3O2. The summed E-state index contributed by atoms with van der Waals surface area (Å²) in [7, 11) is 0. The molecule has 3 amide bonds. The molecule has 1 N–H and O–H groups in total. The van der Waals surface area contributed by atoms with Crippen molar-refractivity contribution >= 4 is 27.9 Å². The lowest BCUT2D eigenvalue weighted by Crippen LogP contribution is -2.43. The lowest BCUT2D eigenvalue weighted by atomic mass is 9.99. The smallest absolute Gasteiger partial charge is 0.323 e. The fraction of sp³-hybridized carbons (Fsp3) is 0.417. The lowest BCUT2D eigenvalue weighted by molar-refractivity contribution is -0.131. The minimum atomic E-state index is -0.785. The van der Waals surface area contributed by atoms with Gasteiger partial charge in [0, 0.05) is 10.7 Å². The van der Waals surface area contributed by atoms with Crippen LogP contribution in [-0.4, -0.2) is 27.4 Å². The zero-order valence-electron chi connectivity index (χ0n) is 10.2. The van der Waals surface area contributed by atoms with Gasteiger partial charge in [0.15, 0.2) is 0 Å². The van der Waals surface area contributed by atoms with E-state index in [2.05, 4.69) is 26.2 Å². The molecule has 0 aromatic carbocycles. The van der Waals surface area contributed by atoms with Crippen molar-refractivity contribution in [2.24, 2.45) is 0 Å². The van der Waals surface area contributed by atoms with Gasteiger partial charge >= 0.3 is 6.03 Å². The van der Waals surface area contributed by atoms with E-state index in [-0.39, 0.29) is 18.5 Å². The Balaban J connectivity index is 2.17. The van der Waals surface area contributed by atoms with Crippen LogP contribution in [0.5, 0.6) is 0 Å². The highest BCUT2D eigenvalue weighted by Gasteiger charge is 2.46. The van der Waals surface area contributed by atoms with E-state index in [9.17, 15) is 9.59 Å². The molecule has 1 fully saturated rings. The summed E-state index contributed by atoms with van der Waals surface area (Å²) in [6.45, 7) is 3.81. The molecule has 96 valence electrons. The Morgan fingerprint density at radius 1 is 1.44 bits per heavy atom. The van der Waals surface area contributed by atoms with E-state index < -0.39 is 5.54 Å². The van der Waals surface area contributed by atoms with Crippen molar-refractivity contribution in [2.45, 2.75) is 32.4 Å². The van der Waals surface area contributed by atoms with Crippen LogP contribution in [-0.2, 0) is 11.3 Å². The van der Waals surface area contributed by atoms with Crippen molar-refractivity contribution in [1.29, 1.82) is 0 Å². The Morgan fingerprint density at radius 3 is 2.67 bits per heavy atom. The van der Waals surface area contributed by atoms with Crippen LogP contribution in [0.1, 0.15) is 26.0 Å². The zero-order valence-corrected chi connectivity index (χ0v) is 11.8. The van der Waals surface area contributed by atoms with Crippen LogP contribution in [0.25, 0.3) is 0 Å². The molecule has 5 nitrogen and oxygen atoms in total. The number of aromatic nitrogens is 1. The van der Waals surface area contributed by atoms with Crippen LogP contribution in [0.15, 0.2) is 22.8 Å². The maximum absolute atomic E-state index is 12.1. The third-order valence-corrected chi connectivity index (χ3v) is 3.63. The number of hydrogen-bond acceptors (Lipinski definition) is 3. The Bertz CT molecular complexity index is 489. The SMILES string of the molecule is CCC1(C)NC(=O)N(Cc2ccc(Br)cn2)C1=O. The molecule has 0 saturated carbocycles. The fourth-order valence-electron chi connectivity index (χ4n) is 1.79. The summed E-state index contributed by atoms with van der Waals surface area (Å²) < 4.78 is 0.863. The van der Waals surface area contributed by atoms with Crippen molar-refractivity contribution in [3.05, 3.63) is 28.5 Å². The Kier molecular flexibility index (Phi) is 3.38. The van der Waals surface area contributed by atoms with Crippen molar-refractivity contribution < 1.29 is 9.59 Å². The first-order chi connectivity index (χ1) is 8.46. The topological polar surface area (TPSA) is 62.3 Å². The van der Waals surface area contributed by atoms with Crippen LogP contribution >= 0.6 is 15.9 Å². The number of halogens is 1. The van der Waals surface area contributed by atoms with Gasteiger partial charge in [-0.05, 0) is 41.4 Å². The summed E-state index contributed by atoms with van der Waals surface area (Å²) in [5.74, 6) is -0.195. The van der Waals surface area contributed by atoms with Crippen molar-refractivity contribution in [2.75, 3.05) is 0 Å². The molecule has 1 aliphatic rings. The van der Waals surface area contributed by atoms with Gasteiger partial charge in [0.25, 0.3) is 5.91 Å². The zero-order chi connectivity index (χ0) is 13.3. The molecule has 1 aromatic rings. The highest BCUT2D eigenvalue weighted by atomic mass is 79.9. The van der Waals surface area contributed by atoms with Gasteiger partial charge in [-0.25, -0.2) is 4.79 Å². The number of rotatable bonds is 3. The maximum Gasteiger partial charge on any atom is 0.325 e. The second-order valence-corrected chi connectivity index (χ2v) is 5.39. The molecule has 1 aliphatic heterocycles. The number of imide groups is 1. The Morgan fingerprint density at radius 2 is 2.17 bits per heavy atom. The minimum Gasteiger partial charge on any atom is -0.323 e. The number of pyridine rings is 1. The third-order valence-electron chi connectivity index (χ3n) is 3.16. The Hall–Kier alpha value is -1.43. The largest absolute Gasteiger partial charge is 0.325 e. The second-order valence-electron chi connectivity index (χ2n) is 4.47. The molecule has 0 bridgehead atoms. The number of urea groups is 1. The molecule has 2 heterocycles. The standard InChI is InChI=1S/C12H14BrN3O2/c1-3-12(2)10(17)16(11(18)15-12)7-9-5-4-8(13)6-14-9/h4-6H,3,7H2,1-2H3,(H,15,18). The van der Waals surface area contributed by atoms with Gasteiger partial charge in [0.1, 0.15) is 5.54 Å². The number of carbonyl (C=O) groups is 2. The van der Waals surface area contributed by atoms with Gasteiger partial charge < -0.3 is 5.32 Å². The fourth-order valence-corrected chi connectivity index (χ4v) is 2.03. The molecule has 0 radical (unpaired) electrons. The lowest BCUT2D eigenvalue weighted by Gasteiger charge is -2.19. The maximum atomic E-state index is 12.1. The van der Waals surface area contributed by atoms with E-state index in [4.69, 9.17) is 0 Å². The molecule has 1 unspecified atom stereocenters. The molecule has 18 heavy (non-hydrogen) atoms. The van der Waals surface area contributed by atoms with Gasteiger partial charge in [-0.2, -0.15) is 0 Å². The van der Waals surface area contributed by atoms with Gasteiger partial charge in [-0.15, -0.1) is 0 Å². The Labute approximate surface area is 114 Å². The summed E-state index contributed by atoms with van der Waals surface area (Å²) in [6.07, 6.45) is 2.22. The first kappa shape index (κ1) is 13.0. The summed E-state index contributed by atoms with van der Waals surface area (Å²) in [5.41, 5.74) is -0.103. The van der Waals surface area contributed by atoms with E-state index in [1.54, 1.807) is 19.2 Å². The number of amides is 3. The van der Waals surface area contributed by atoms with Crippen LogP contribution in [0.2, 0.25) is 0 Å². The van der Waals surface area contributed by atoms with Gasteiger partial charge in [-0.1, -0.05) is 6.92 Å². The highest BCUT2D eigenvalue weighted by Crippen LogP contribution is 2.22. The van der Waals surface area contributed by atoms with E-state index in [1.165, 1.54) is 4.90 Å². The van der Waals surface area contributed by atoms with Crippen LogP contribution in [0.3, 0.4) is 0 Å². The predicted octanol–water partition coefficient (Wildman–Crippen LogP) is 2.06. The summed E-state index contributed by atoms with van der Waals surface area (Å²) in [4.78, 5) is 29.3. The summed E-state index contributed by atoms with van der Waals surface area (Å²) in [5, 5.41) is 2.71. The molecule has 6 heteroatoms. The monoisotopic (exact) mass is 311 g/mol. The van der Waals surface area contributed by atoms with E-state index in [0.717, 1.165) is 4.47 Å². The first-order valence-electron chi connectivity index (χ1n) is 5.71. The minimum absolute atomic E-state index is 0.195. The summed E-state index contributed by atoms with van der Waals surface area (Å²) in [6, 6.07) is 3.26. The predicted molar refractivity (Wildman–Crippen MR) is 69.7 cm³/mol. The van der Waals surface area contributed by atoms with Crippen molar-refractivity contribution in [1.82, 2.24) is 15.2 Å². The molecule has 1 atom stereocenters. The average Bonchev–Trinajstić information content (AvgIpc) is 2.56. The van der Waals surface area contributed by atoms with Gasteiger partial charge in [-0.3, -0.25) is 14.7 Å². The third kappa shape index (κ3) is 2.25. The molecule has 1 aromatic heterocycles. The van der Waals surface area contributed by atoms with Gasteiger partial charge in [0.05, 0.1) is 12.2 Å². The molecular weight excluding hydrogens is 298 g/mol. The normalized spacial score (nSPS) is 23.4. The average molecular weight is 312 g/mol. The first-order valence-corrected chi connectivity index (χ1v) is 6.50. The molecule has 0 aliphatic carbocycles. The highest BCUT2D eigenvalue weighted by molar-refractivity contribution is 9.10. The van der Waals surface area contributed by atoms with Gasteiger partial charge in [0.2, 0.25) is 0 Å². The number of nitrogens with zero attached hydrogens (tertiary/aromatic N) is 2. The van der Waals surface area contributed by atoms with Crippen molar-refractivity contribution in [3.63, 3.8) is 0 Å². The number of carbonyl (C=O) groups excluding carboxylic acids is 2. The van der Waals surface area contributed by atoms with E-state index in [0.29, 0.717) is 12.1 Å². The van der Waals surface area contributed by atoms with E-state index in [1.807, 2.05) is 13.0 Å². The number of hydrogen-bond donors (Lipinski definition) is 1. The molecule has 1 saturated heterocycles. The number of nitrogens with one attached hydrogen (secondary N) is 1. The van der Waals surface area contributed by atoms with Crippen LogP contribution in [0.4, 0.5) is 4.79 Å². The van der Waals surface area contributed by atoms with E-state index >= 15 is 0 Å². The quantitative estimate of drug-likeness (QED) is 0.869. The molecule has 2 rings (SSSR count). The van der Waals surface area contributed by atoms with Crippen molar-refractivity contribution in [3.8, 4) is 0 Å². The second kappa shape index (κ2) is 4.68. The van der Waals surface area contributed by atoms with Crippen LogP contribution < -0.4 is 5.32 Å². The van der Waals surface area contributed by atoms with Crippen LogP contribution in [0, 0.1) is 0 Å².